The van der Waals surface area contributed by atoms with E-state index in [1.165, 1.54) is 0 Å². The Bertz CT molecular complexity index is 893. The van der Waals surface area contributed by atoms with Crippen LogP contribution < -0.4 is 5.32 Å². The summed E-state index contributed by atoms with van der Waals surface area (Å²) in [5.41, 5.74) is 3.31. The van der Waals surface area contributed by atoms with Crippen LogP contribution in [0.25, 0.3) is 10.9 Å². The molecular weight excluding hydrogens is 322 g/mol. The van der Waals surface area contributed by atoms with E-state index in [2.05, 4.69) is 10.3 Å². The van der Waals surface area contributed by atoms with Crippen LogP contribution in [0.1, 0.15) is 15.9 Å². The normalized spacial score (nSPS) is 10.6. The first kappa shape index (κ1) is 16.3. The molecule has 0 aliphatic carbocycles. The first-order valence-corrected chi connectivity index (χ1v) is 8.02. The summed E-state index contributed by atoms with van der Waals surface area (Å²) in [5, 5.41) is 4.84. The van der Waals surface area contributed by atoms with Crippen molar-refractivity contribution in [2.24, 2.45) is 0 Å². The molecule has 0 bridgehead atoms. The maximum absolute atomic E-state index is 12.0. The van der Waals surface area contributed by atoms with Crippen molar-refractivity contribution in [1.29, 1.82) is 0 Å². The molecule has 122 valence electrons. The maximum Gasteiger partial charge on any atom is 0.253 e. The second kappa shape index (κ2) is 6.89. The Balaban J connectivity index is 1.80. The summed E-state index contributed by atoms with van der Waals surface area (Å²) in [6.45, 7) is 0.538. The first-order chi connectivity index (χ1) is 11.5. The fourth-order valence-corrected chi connectivity index (χ4v) is 2.69. The van der Waals surface area contributed by atoms with Crippen molar-refractivity contribution in [3.8, 4) is 0 Å². The van der Waals surface area contributed by atoms with Crippen LogP contribution in [0, 0.1) is 0 Å². The topological polar surface area (TPSA) is 45.2 Å². The van der Waals surface area contributed by atoms with E-state index >= 15 is 0 Å². The quantitative estimate of drug-likeness (QED) is 0.724. The molecule has 0 unspecified atom stereocenters. The van der Waals surface area contributed by atoms with E-state index in [-0.39, 0.29) is 5.91 Å². The lowest BCUT2D eigenvalue weighted by Crippen LogP contribution is -2.21. The van der Waals surface area contributed by atoms with E-state index in [4.69, 9.17) is 11.6 Å². The number of amides is 1. The second-order valence-corrected chi connectivity index (χ2v) is 6.12. The minimum atomic E-state index is -0.0240. The van der Waals surface area contributed by atoms with Crippen LogP contribution >= 0.6 is 11.6 Å². The number of hydrogen-bond donors (Lipinski definition) is 1. The van der Waals surface area contributed by atoms with Gasteiger partial charge in [-0.15, -0.1) is 0 Å². The number of halogens is 1. The van der Waals surface area contributed by atoms with Gasteiger partial charge in [-0.25, -0.2) is 4.98 Å². The van der Waals surface area contributed by atoms with Crippen LogP contribution in [0.2, 0.25) is 5.15 Å². The zero-order valence-electron chi connectivity index (χ0n) is 13.6. The molecule has 0 atom stereocenters. The number of aromatic nitrogens is 1. The van der Waals surface area contributed by atoms with Gasteiger partial charge in [0.05, 0.1) is 5.52 Å². The molecule has 0 saturated carbocycles. The molecule has 0 aliphatic heterocycles. The Kier molecular flexibility index (Phi) is 4.67. The third kappa shape index (κ3) is 3.49. The van der Waals surface area contributed by atoms with Crippen molar-refractivity contribution in [1.82, 2.24) is 9.88 Å². The highest BCUT2D eigenvalue weighted by Gasteiger charge is 2.09. The monoisotopic (exact) mass is 339 g/mol. The first-order valence-electron chi connectivity index (χ1n) is 7.64. The molecule has 0 spiro atoms. The molecule has 1 aromatic heterocycles. The smallest absolute Gasteiger partial charge is 0.253 e. The molecule has 4 nitrogen and oxygen atoms in total. The zero-order valence-corrected chi connectivity index (χ0v) is 14.3. The van der Waals surface area contributed by atoms with Crippen LogP contribution in [-0.4, -0.2) is 29.9 Å². The number of nitrogens with zero attached hydrogens (tertiary/aromatic N) is 2. The SMILES string of the molecule is CN(C)C(=O)c1cccc(NCc2cc3ccccc3nc2Cl)c1. The number of benzene rings is 2. The van der Waals surface area contributed by atoms with Crippen LogP contribution in [-0.2, 0) is 6.54 Å². The predicted molar refractivity (Wildman–Crippen MR) is 98.5 cm³/mol. The number of carbonyl (C=O) groups excluding carboxylic acids is 1. The van der Waals surface area contributed by atoms with Gasteiger partial charge in [-0.05, 0) is 30.3 Å². The summed E-state index contributed by atoms with van der Waals surface area (Å²) in [6, 6.07) is 17.3. The average molecular weight is 340 g/mol. The highest BCUT2D eigenvalue weighted by Crippen LogP contribution is 2.22. The predicted octanol–water partition coefficient (Wildman–Crippen LogP) is 4.20. The number of nitrogens with one attached hydrogen (secondary N) is 1. The summed E-state index contributed by atoms with van der Waals surface area (Å²) in [5.74, 6) is -0.0240. The van der Waals surface area contributed by atoms with Crippen LogP contribution in [0.15, 0.2) is 54.6 Å². The number of rotatable bonds is 4. The Hall–Kier alpha value is -2.59. The van der Waals surface area contributed by atoms with Crippen molar-refractivity contribution >= 4 is 34.1 Å². The van der Waals surface area contributed by atoms with Crippen LogP contribution in [0.5, 0.6) is 0 Å². The standard InChI is InChI=1S/C19H18ClN3O/c1-23(2)19(24)14-7-5-8-16(11-14)21-12-15-10-13-6-3-4-9-17(13)22-18(15)20/h3-11,21H,12H2,1-2H3. The summed E-state index contributed by atoms with van der Waals surface area (Å²) in [7, 11) is 3.48. The molecule has 1 N–H and O–H groups in total. The third-order valence-electron chi connectivity index (χ3n) is 3.75. The summed E-state index contributed by atoms with van der Waals surface area (Å²) >= 11 is 6.28. The molecule has 0 aliphatic rings. The fraction of sp³-hybridized carbons (Fsp3) is 0.158. The zero-order chi connectivity index (χ0) is 17.1. The van der Waals surface area contributed by atoms with E-state index in [0.29, 0.717) is 17.3 Å². The van der Waals surface area contributed by atoms with Gasteiger partial charge in [0.25, 0.3) is 5.91 Å². The number of fused-ring (bicyclic) bond motifs is 1. The van der Waals surface area contributed by atoms with Gasteiger partial charge in [0.2, 0.25) is 0 Å². The third-order valence-corrected chi connectivity index (χ3v) is 4.08. The Morgan fingerprint density at radius 1 is 1.12 bits per heavy atom. The van der Waals surface area contributed by atoms with Gasteiger partial charge in [-0.1, -0.05) is 35.9 Å². The number of para-hydroxylation sites is 1. The lowest BCUT2D eigenvalue weighted by molar-refractivity contribution is 0.0827. The summed E-state index contributed by atoms with van der Waals surface area (Å²) < 4.78 is 0. The minimum absolute atomic E-state index is 0.0240. The van der Waals surface area contributed by atoms with E-state index < -0.39 is 0 Å². The molecule has 0 radical (unpaired) electrons. The van der Waals surface area contributed by atoms with Crippen LogP contribution in [0.3, 0.4) is 0 Å². The molecule has 3 rings (SSSR count). The highest BCUT2D eigenvalue weighted by atomic mass is 35.5. The Morgan fingerprint density at radius 2 is 1.92 bits per heavy atom. The van der Waals surface area contributed by atoms with Gasteiger partial charge in [0, 0.05) is 42.8 Å². The van der Waals surface area contributed by atoms with Crippen molar-refractivity contribution in [2.45, 2.75) is 6.54 Å². The Morgan fingerprint density at radius 3 is 2.71 bits per heavy atom. The number of carbonyl (C=O) groups is 1. The fourth-order valence-electron chi connectivity index (χ4n) is 2.48. The van der Waals surface area contributed by atoms with E-state index in [1.54, 1.807) is 25.1 Å². The molecule has 24 heavy (non-hydrogen) atoms. The number of anilines is 1. The van der Waals surface area contributed by atoms with Gasteiger partial charge in [-0.2, -0.15) is 0 Å². The van der Waals surface area contributed by atoms with Gasteiger partial charge in [-0.3, -0.25) is 4.79 Å². The van der Waals surface area contributed by atoms with Crippen molar-refractivity contribution in [3.63, 3.8) is 0 Å². The van der Waals surface area contributed by atoms with Crippen LogP contribution in [0.4, 0.5) is 5.69 Å². The molecule has 3 aromatic rings. The van der Waals surface area contributed by atoms with E-state index in [1.807, 2.05) is 48.5 Å². The summed E-state index contributed by atoms with van der Waals surface area (Å²) in [4.78, 5) is 18.0. The molecule has 0 saturated heterocycles. The lowest BCUT2D eigenvalue weighted by Gasteiger charge is -2.13. The molecular formula is C19H18ClN3O. The highest BCUT2D eigenvalue weighted by molar-refractivity contribution is 6.30. The van der Waals surface area contributed by atoms with Gasteiger partial charge < -0.3 is 10.2 Å². The van der Waals surface area contributed by atoms with E-state index in [0.717, 1.165) is 22.2 Å². The Labute approximate surface area is 146 Å². The summed E-state index contributed by atoms with van der Waals surface area (Å²) in [6.07, 6.45) is 0. The second-order valence-electron chi connectivity index (χ2n) is 5.76. The van der Waals surface area contributed by atoms with Gasteiger partial charge >= 0.3 is 0 Å². The maximum atomic E-state index is 12.0. The van der Waals surface area contributed by atoms with Crippen molar-refractivity contribution in [3.05, 3.63) is 70.9 Å². The van der Waals surface area contributed by atoms with Crippen molar-refractivity contribution in [2.75, 3.05) is 19.4 Å². The number of hydrogen-bond acceptors (Lipinski definition) is 3. The molecule has 0 fully saturated rings. The van der Waals surface area contributed by atoms with Gasteiger partial charge in [0.15, 0.2) is 0 Å². The number of pyridine rings is 1. The molecule has 2 aromatic carbocycles. The van der Waals surface area contributed by atoms with Gasteiger partial charge in [0.1, 0.15) is 5.15 Å². The largest absolute Gasteiger partial charge is 0.381 e. The minimum Gasteiger partial charge on any atom is -0.381 e. The van der Waals surface area contributed by atoms with Crippen molar-refractivity contribution < 1.29 is 4.79 Å². The average Bonchev–Trinajstić information content (AvgIpc) is 2.59. The van der Waals surface area contributed by atoms with E-state index in [9.17, 15) is 4.79 Å². The lowest BCUT2D eigenvalue weighted by atomic mass is 10.1. The molecule has 5 heteroatoms. The molecule has 1 amide bonds. The molecule has 1 heterocycles.